The zero-order valence-electron chi connectivity index (χ0n) is 33.8. The monoisotopic (exact) mass is 848 g/mol. The summed E-state index contributed by atoms with van der Waals surface area (Å²) in [5, 5.41) is 25.8. The zero-order valence-corrected chi connectivity index (χ0v) is 35.4. The van der Waals surface area contributed by atoms with E-state index in [-0.39, 0.29) is 6.42 Å². The van der Waals surface area contributed by atoms with Crippen LogP contribution in [-0.2, 0) is 33.5 Å². The Bertz CT molecular complexity index is 1810. The van der Waals surface area contributed by atoms with Crippen LogP contribution in [0.4, 0.5) is 10.5 Å². The number of nitrogens with zero attached hydrogens (tertiary/aromatic N) is 3. The van der Waals surface area contributed by atoms with E-state index in [1.807, 2.05) is 19.0 Å². The van der Waals surface area contributed by atoms with Crippen LogP contribution in [0, 0.1) is 0 Å². The second-order valence-corrected chi connectivity index (χ2v) is 17.0. The first-order chi connectivity index (χ1) is 27.3. The number of carbonyl (C=O) groups is 7. The molecule has 2 heterocycles. The van der Waals surface area contributed by atoms with E-state index in [9.17, 15) is 38.7 Å². The Kier molecular flexibility index (Phi) is 18.8. The maximum atomic E-state index is 13.4. The summed E-state index contributed by atoms with van der Waals surface area (Å²) in [7, 11) is 3.86. The minimum Gasteiger partial charge on any atom is -0.480 e. The number of benzene rings is 1. The molecule has 1 aliphatic heterocycles. The van der Waals surface area contributed by atoms with Crippen LogP contribution in [0.5, 0.6) is 0 Å². The minimum atomic E-state index is -1.08. The number of hydrogen-bond acceptors (Lipinski definition) is 14. The smallest absolute Gasteiger partial charge is 0.408 e. The van der Waals surface area contributed by atoms with Crippen molar-refractivity contribution in [1.29, 1.82) is 0 Å². The lowest BCUT2D eigenvalue weighted by atomic mass is 10.1. The minimum absolute atomic E-state index is 0.274. The number of thiazole rings is 1. The number of ether oxygens (including phenoxy) is 1. The third-order valence-corrected chi connectivity index (χ3v) is 10.6. The van der Waals surface area contributed by atoms with Crippen LogP contribution in [0.2, 0.25) is 0 Å². The van der Waals surface area contributed by atoms with Gasteiger partial charge in [-0.1, -0.05) is 0 Å². The van der Waals surface area contributed by atoms with Crippen molar-refractivity contribution in [2.45, 2.75) is 96.0 Å². The van der Waals surface area contributed by atoms with Crippen molar-refractivity contribution in [3.63, 3.8) is 0 Å². The van der Waals surface area contributed by atoms with Crippen molar-refractivity contribution in [2.24, 2.45) is 10.7 Å². The lowest BCUT2D eigenvalue weighted by molar-refractivity contribution is -0.137. The number of fused-ring (bicyclic) bond motifs is 1. The van der Waals surface area contributed by atoms with Gasteiger partial charge in [-0.05, 0) is 112 Å². The summed E-state index contributed by atoms with van der Waals surface area (Å²) in [6, 6.07) is 1.32. The summed E-state index contributed by atoms with van der Waals surface area (Å²) in [4.78, 5) is 99.2. The van der Waals surface area contributed by atoms with Crippen molar-refractivity contribution < 1.29 is 43.4 Å². The highest BCUT2D eigenvalue weighted by molar-refractivity contribution is 8.15. The normalized spacial score (nSPS) is 15.4. The largest absolute Gasteiger partial charge is 0.480 e. The molecule has 6 amide bonds. The highest BCUT2D eigenvalue weighted by Crippen LogP contribution is 2.31. The molecule has 58 heavy (non-hydrogen) atoms. The van der Waals surface area contributed by atoms with E-state index < -0.39 is 84.5 Å². The molecule has 4 atom stereocenters. The molecule has 1 aromatic heterocycles. The average molecular weight is 849 g/mol. The van der Waals surface area contributed by atoms with E-state index in [4.69, 9.17) is 10.5 Å². The van der Waals surface area contributed by atoms with Gasteiger partial charge in [0.15, 0.2) is 6.04 Å². The predicted molar refractivity (Wildman–Crippen MR) is 223 cm³/mol. The molecule has 0 fully saturated rings. The number of thioether (sulfide) groups is 1. The number of hydrogen-bond donors (Lipinski definition) is 8. The molecule has 0 saturated heterocycles. The van der Waals surface area contributed by atoms with E-state index in [1.54, 1.807) is 39.0 Å². The number of amides is 6. The van der Waals surface area contributed by atoms with Gasteiger partial charge in [-0.15, -0.1) is 23.1 Å². The van der Waals surface area contributed by atoms with Crippen LogP contribution in [0.1, 0.15) is 71.2 Å². The predicted octanol–water partition coefficient (Wildman–Crippen LogP) is 1.16. The molecule has 0 aliphatic carbocycles. The highest BCUT2D eigenvalue weighted by atomic mass is 32.2. The van der Waals surface area contributed by atoms with Gasteiger partial charge in [-0.25, -0.2) is 14.6 Å². The van der Waals surface area contributed by atoms with Gasteiger partial charge in [0, 0.05) is 11.4 Å². The van der Waals surface area contributed by atoms with E-state index in [0.717, 1.165) is 17.7 Å². The quantitative estimate of drug-likeness (QED) is 0.0774. The number of aliphatic carboxylic acids is 1. The topological polar surface area (TPSA) is 276 Å². The molecule has 19 nitrogen and oxygen atoms in total. The number of rotatable bonds is 22. The third-order valence-electron chi connectivity index (χ3n) is 8.35. The number of aliphatic imine (C=N–C) groups is 1. The summed E-state index contributed by atoms with van der Waals surface area (Å²) < 4.78 is 6.03. The van der Waals surface area contributed by atoms with Crippen molar-refractivity contribution in [1.82, 2.24) is 36.5 Å². The SMILES string of the molecule is C[C@H](NC(=O)CNC(=O)CNC(=O)[C@H](CCCCN(C)C)NC(=O)OC(C)(C)C)C(=O)NC(CCCCN)C(=O)Nc1ccc2nc(C3=NC(C(=O)O)CS3)sc2c1. The number of anilines is 1. The second-order valence-electron chi connectivity index (χ2n) is 14.9. The molecule has 0 bridgehead atoms. The van der Waals surface area contributed by atoms with E-state index in [2.05, 4.69) is 41.9 Å². The zero-order chi connectivity index (χ0) is 43.0. The van der Waals surface area contributed by atoms with Crippen molar-refractivity contribution in [3.8, 4) is 0 Å². The maximum Gasteiger partial charge on any atom is 0.408 e. The summed E-state index contributed by atoms with van der Waals surface area (Å²) in [5.41, 5.74) is 5.99. The first-order valence-electron chi connectivity index (χ1n) is 19.0. The van der Waals surface area contributed by atoms with Crippen LogP contribution in [-0.4, -0.2) is 137 Å². The lowest BCUT2D eigenvalue weighted by Crippen LogP contribution is -2.53. The molecule has 320 valence electrons. The summed E-state index contributed by atoms with van der Waals surface area (Å²) in [5.74, 6) is -3.73. The standard InChI is InChI=1S/C37H56N10O9S2/c1-21(41-29(49)19-39-28(48)18-40-31(51)24(12-8-10-16-47(5)6)46-36(55)56-37(2,3)4)30(50)43-25(11-7-9-15-38)32(52)42-22-13-14-23-27(17-22)58-34(44-23)33-45-26(20-57-33)35(53)54/h13-14,17,21,24-26H,7-12,15-16,18-20,38H2,1-6H3,(H,39,48)(H,40,51)(H,41,49)(H,42,52)(H,43,50)(H,46,55)(H,53,54)/t21-,24-,25?,26?/m0/s1. The average Bonchev–Trinajstić information content (AvgIpc) is 3.81. The first kappa shape index (κ1) is 47.5. The summed E-state index contributed by atoms with van der Waals surface area (Å²) >= 11 is 2.64. The number of alkyl carbamates (subject to hydrolysis) is 1. The van der Waals surface area contributed by atoms with Gasteiger partial charge in [0.1, 0.15) is 33.8 Å². The Morgan fingerprint density at radius 2 is 1.59 bits per heavy atom. The van der Waals surface area contributed by atoms with Crippen LogP contribution in [0.15, 0.2) is 23.2 Å². The molecule has 3 rings (SSSR count). The van der Waals surface area contributed by atoms with Crippen LogP contribution < -0.4 is 37.6 Å². The molecule has 0 spiro atoms. The van der Waals surface area contributed by atoms with Crippen molar-refractivity contribution in [2.75, 3.05) is 51.3 Å². The Morgan fingerprint density at radius 1 is 0.914 bits per heavy atom. The highest BCUT2D eigenvalue weighted by Gasteiger charge is 2.28. The Balaban J connectivity index is 1.51. The second kappa shape index (κ2) is 22.9. The van der Waals surface area contributed by atoms with Gasteiger partial charge in [-0.3, -0.25) is 29.0 Å². The van der Waals surface area contributed by atoms with Crippen molar-refractivity contribution >= 4 is 85.6 Å². The van der Waals surface area contributed by atoms with Crippen LogP contribution in [0.25, 0.3) is 10.2 Å². The molecule has 21 heteroatoms. The molecular weight excluding hydrogens is 793 g/mol. The number of nitrogens with one attached hydrogen (secondary N) is 6. The maximum absolute atomic E-state index is 13.4. The van der Waals surface area contributed by atoms with E-state index in [0.29, 0.717) is 59.2 Å². The Labute approximate surface area is 345 Å². The van der Waals surface area contributed by atoms with Gasteiger partial charge in [0.25, 0.3) is 0 Å². The van der Waals surface area contributed by atoms with Gasteiger partial charge >= 0.3 is 12.1 Å². The Morgan fingerprint density at radius 3 is 2.22 bits per heavy atom. The van der Waals surface area contributed by atoms with Gasteiger partial charge in [0.05, 0.1) is 23.3 Å². The van der Waals surface area contributed by atoms with Gasteiger partial charge < -0.3 is 52.4 Å². The number of nitrogens with two attached hydrogens (primary N) is 1. The number of carboxylic acid groups (broad SMARTS) is 1. The molecule has 1 aromatic carbocycles. The Hall–Kier alpha value is -4.86. The fourth-order valence-electron chi connectivity index (χ4n) is 5.38. The molecule has 2 aromatic rings. The number of unbranched alkanes of at least 4 members (excludes halogenated alkanes) is 2. The molecule has 1 aliphatic rings. The fourth-order valence-corrected chi connectivity index (χ4v) is 7.49. The third kappa shape index (κ3) is 16.5. The van der Waals surface area contributed by atoms with Gasteiger partial charge in [0.2, 0.25) is 29.5 Å². The number of aromatic nitrogens is 1. The van der Waals surface area contributed by atoms with E-state index in [1.165, 1.54) is 30.0 Å². The lowest BCUT2D eigenvalue weighted by Gasteiger charge is -2.23. The van der Waals surface area contributed by atoms with Crippen molar-refractivity contribution in [3.05, 3.63) is 23.2 Å². The van der Waals surface area contributed by atoms with Crippen LogP contribution >= 0.6 is 23.1 Å². The fraction of sp³-hybridized carbons (Fsp3) is 0.595. The van der Waals surface area contributed by atoms with Gasteiger partial charge in [-0.2, -0.15) is 0 Å². The molecule has 2 unspecified atom stereocenters. The first-order valence-corrected chi connectivity index (χ1v) is 20.8. The van der Waals surface area contributed by atoms with E-state index >= 15 is 0 Å². The molecule has 0 radical (unpaired) electrons. The number of carbonyl (C=O) groups excluding carboxylic acids is 6. The van der Waals surface area contributed by atoms with Crippen LogP contribution in [0.3, 0.4) is 0 Å². The summed E-state index contributed by atoms with van der Waals surface area (Å²) in [6.07, 6.45) is 2.40. The summed E-state index contributed by atoms with van der Waals surface area (Å²) in [6.45, 7) is 6.76. The number of carboxylic acids is 1. The molecular formula is C37H56N10O9S2. The molecule has 0 saturated carbocycles. The molecule has 9 N–H and O–H groups in total.